The monoisotopic (exact) mass is 368 g/mol. The third-order valence-corrected chi connectivity index (χ3v) is 4.74. The summed E-state index contributed by atoms with van der Waals surface area (Å²) in [6, 6.07) is 0. The summed E-state index contributed by atoms with van der Waals surface area (Å²) in [4.78, 5) is 11.1. The summed E-state index contributed by atoms with van der Waals surface area (Å²) in [6.07, 6.45) is 14.8. The third-order valence-electron chi connectivity index (χ3n) is 4.74. The third kappa shape index (κ3) is 9.51. The number of carbonyl (C=O) groups excluding carboxylic acids is 1. The molecular formula is C21H36O5. The number of unbranched alkanes of at least 4 members (excludes halogenated alkanes) is 3. The van der Waals surface area contributed by atoms with Crippen molar-refractivity contribution in [3.8, 4) is 0 Å². The lowest BCUT2D eigenvalue weighted by Crippen LogP contribution is -2.25. The van der Waals surface area contributed by atoms with Crippen LogP contribution < -0.4 is 0 Å². The van der Waals surface area contributed by atoms with Crippen molar-refractivity contribution in [1.29, 1.82) is 0 Å². The first kappa shape index (κ1) is 22.9. The molecule has 26 heavy (non-hydrogen) atoms. The molecule has 1 saturated heterocycles. The highest BCUT2D eigenvalue weighted by Crippen LogP contribution is 2.27. The molecule has 1 rings (SSSR count). The second-order valence-corrected chi connectivity index (χ2v) is 6.96. The fraction of sp³-hybridized carbons (Fsp3) is 0.762. The smallest absolute Gasteiger partial charge is 0.305 e. The van der Waals surface area contributed by atoms with E-state index in [-0.39, 0.29) is 18.2 Å². The summed E-state index contributed by atoms with van der Waals surface area (Å²) < 4.78 is 10.4. The van der Waals surface area contributed by atoms with Crippen molar-refractivity contribution in [2.45, 2.75) is 95.5 Å². The fourth-order valence-electron chi connectivity index (χ4n) is 3.11. The summed E-state index contributed by atoms with van der Waals surface area (Å²) in [5.41, 5.74) is 0. The Morgan fingerprint density at radius 1 is 1.23 bits per heavy atom. The number of rotatable bonds is 13. The minimum atomic E-state index is -0.611. The van der Waals surface area contributed by atoms with E-state index in [9.17, 15) is 15.0 Å². The molecule has 1 aliphatic rings. The van der Waals surface area contributed by atoms with Crippen LogP contribution in [0.4, 0.5) is 0 Å². The predicted molar refractivity (Wildman–Crippen MR) is 103 cm³/mol. The van der Waals surface area contributed by atoms with Gasteiger partial charge < -0.3 is 19.7 Å². The van der Waals surface area contributed by atoms with Crippen molar-refractivity contribution < 1.29 is 24.5 Å². The number of ether oxygens (including phenoxy) is 2. The van der Waals surface area contributed by atoms with Crippen molar-refractivity contribution in [2.75, 3.05) is 7.11 Å². The van der Waals surface area contributed by atoms with Crippen LogP contribution in [-0.4, -0.2) is 47.7 Å². The topological polar surface area (TPSA) is 76.0 Å². The molecule has 2 unspecified atom stereocenters. The molecule has 0 aromatic heterocycles. The zero-order chi connectivity index (χ0) is 19.2. The molecule has 150 valence electrons. The number of esters is 1. The average Bonchev–Trinajstić information content (AvgIpc) is 3.01. The van der Waals surface area contributed by atoms with Crippen LogP contribution >= 0.6 is 0 Å². The highest BCUT2D eigenvalue weighted by Gasteiger charge is 2.36. The maximum absolute atomic E-state index is 11.1. The van der Waals surface area contributed by atoms with E-state index in [0.717, 1.165) is 12.8 Å². The molecule has 0 amide bonds. The first-order chi connectivity index (χ1) is 12.6. The second-order valence-electron chi connectivity index (χ2n) is 6.96. The van der Waals surface area contributed by atoms with Gasteiger partial charge in [-0.25, -0.2) is 0 Å². The highest BCUT2D eigenvalue weighted by molar-refractivity contribution is 5.68. The summed E-state index contributed by atoms with van der Waals surface area (Å²) in [5.74, 6) is -0.251. The van der Waals surface area contributed by atoms with Gasteiger partial charge in [-0.2, -0.15) is 0 Å². The molecule has 0 aliphatic carbocycles. The second kappa shape index (κ2) is 14.0. The number of allylic oxidation sites excluding steroid dienone is 3. The Balaban J connectivity index is 2.19. The van der Waals surface area contributed by atoms with Crippen LogP contribution in [0.5, 0.6) is 0 Å². The van der Waals surface area contributed by atoms with Crippen molar-refractivity contribution >= 4 is 5.97 Å². The molecule has 0 saturated carbocycles. The number of aliphatic hydroxyl groups excluding tert-OH is 2. The Hall–Kier alpha value is -1.17. The molecule has 1 aliphatic heterocycles. The number of methoxy groups -OCH3 is 1. The molecule has 1 heterocycles. The van der Waals surface area contributed by atoms with E-state index in [1.807, 2.05) is 6.08 Å². The number of carbonyl (C=O) groups is 1. The normalized spacial score (nSPS) is 24.5. The van der Waals surface area contributed by atoms with Gasteiger partial charge in [0, 0.05) is 12.8 Å². The van der Waals surface area contributed by atoms with Crippen molar-refractivity contribution in [1.82, 2.24) is 0 Å². The van der Waals surface area contributed by atoms with Gasteiger partial charge in [0.1, 0.15) is 0 Å². The molecule has 0 radical (unpaired) electrons. The Morgan fingerprint density at radius 3 is 2.73 bits per heavy atom. The molecule has 0 spiro atoms. The largest absolute Gasteiger partial charge is 0.469 e. The van der Waals surface area contributed by atoms with Gasteiger partial charge in [0.2, 0.25) is 0 Å². The summed E-state index contributed by atoms with van der Waals surface area (Å²) >= 11 is 0. The van der Waals surface area contributed by atoms with E-state index >= 15 is 0 Å². The van der Waals surface area contributed by atoms with Gasteiger partial charge >= 0.3 is 5.97 Å². The van der Waals surface area contributed by atoms with Crippen LogP contribution in [0.3, 0.4) is 0 Å². The summed E-state index contributed by atoms with van der Waals surface area (Å²) in [6.45, 7) is 2.20. The predicted octanol–water partition coefficient (Wildman–Crippen LogP) is 3.68. The summed E-state index contributed by atoms with van der Waals surface area (Å²) in [5, 5.41) is 20.3. The molecule has 0 bridgehead atoms. The molecule has 0 aromatic rings. The standard InChI is InChI=1S/C21H36O5/c1-3-4-5-6-7-8-9-10-11-13-17(22)20-16-18(23)19(26-20)14-12-15-21(24)25-2/h7-8,10-11,17-20,22-23H,3-6,9,12-16H2,1-2H3/b8-7-,11-10-/t17?,18-,19+,20?/m1/s1. The minimum Gasteiger partial charge on any atom is -0.469 e. The Kier molecular flexibility index (Phi) is 12.3. The van der Waals surface area contributed by atoms with Gasteiger partial charge in [-0.15, -0.1) is 0 Å². The van der Waals surface area contributed by atoms with E-state index in [0.29, 0.717) is 32.1 Å². The van der Waals surface area contributed by atoms with Gasteiger partial charge in [0.15, 0.2) is 0 Å². The average molecular weight is 369 g/mol. The van der Waals surface area contributed by atoms with E-state index in [2.05, 4.69) is 29.9 Å². The van der Waals surface area contributed by atoms with Crippen LogP contribution in [-0.2, 0) is 14.3 Å². The van der Waals surface area contributed by atoms with Crippen molar-refractivity contribution in [3.63, 3.8) is 0 Å². The van der Waals surface area contributed by atoms with Gasteiger partial charge in [-0.05, 0) is 38.5 Å². The van der Waals surface area contributed by atoms with Crippen molar-refractivity contribution in [2.24, 2.45) is 0 Å². The molecule has 2 N–H and O–H groups in total. The maximum atomic E-state index is 11.1. The van der Waals surface area contributed by atoms with E-state index < -0.39 is 12.2 Å². The number of aliphatic hydroxyl groups is 2. The lowest BCUT2D eigenvalue weighted by Gasteiger charge is -2.18. The van der Waals surface area contributed by atoms with Crippen LogP contribution in [0.25, 0.3) is 0 Å². The van der Waals surface area contributed by atoms with Gasteiger partial charge in [-0.1, -0.05) is 44.1 Å². The Labute approximate surface area is 158 Å². The highest BCUT2D eigenvalue weighted by atomic mass is 16.5. The fourth-order valence-corrected chi connectivity index (χ4v) is 3.11. The summed E-state index contributed by atoms with van der Waals surface area (Å²) in [7, 11) is 1.37. The molecule has 0 aromatic carbocycles. The van der Waals surface area contributed by atoms with Crippen LogP contribution in [0, 0.1) is 0 Å². The molecule has 1 fully saturated rings. The van der Waals surface area contributed by atoms with Crippen LogP contribution in [0.1, 0.15) is 71.1 Å². The maximum Gasteiger partial charge on any atom is 0.305 e. The van der Waals surface area contributed by atoms with Gasteiger partial charge in [0.05, 0.1) is 31.5 Å². The molecule has 4 atom stereocenters. The number of hydrogen-bond acceptors (Lipinski definition) is 5. The van der Waals surface area contributed by atoms with Crippen molar-refractivity contribution in [3.05, 3.63) is 24.3 Å². The Morgan fingerprint density at radius 2 is 2.00 bits per heavy atom. The molecule has 5 nitrogen and oxygen atoms in total. The first-order valence-electron chi connectivity index (χ1n) is 9.96. The van der Waals surface area contributed by atoms with E-state index in [1.165, 1.54) is 26.4 Å². The molecule has 5 heteroatoms. The zero-order valence-electron chi connectivity index (χ0n) is 16.3. The lowest BCUT2D eigenvalue weighted by atomic mass is 10.0. The number of hydrogen-bond donors (Lipinski definition) is 2. The lowest BCUT2D eigenvalue weighted by molar-refractivity contribution is -0.140. The molecular weight excluding hydrogens is 332 g/mol. The SMILES string of the molecule is CCCCC/C=C\C/C=C\CC(O)C1C[C@@H](O)[C@H](CCCC(=O)OC)O1. The van der Waals surface area contributed by atoms with E-state index in [1.54, 1.807) is 0 Å². The Bertz CT molecular complexity index is 432. The first-order valence-corrected chi connectivity index (χ1v) is 9.96. The van der Waals surface area contributed by atoms with Crippen LogP contribution in [0.2, 0.25) is 0 Å². The quantitative estimate of drug-likeness (QED) is 0.295. The van der Waals surface area contributed by atoms with Gasteiger partial charge in [-0.3, -0.25) is 4.79 Å². The van der Waals surface area contributed by atoms with E-state index in [4.69, 9.17) is 4.74 Å². The minimum absolute atomic E-state index is 0.251. The van der Waals surface area contributed by atoms with Gasteiger partial charge in [0.25, 0.3) is 0 Å². The zero-order valence-corrected chi connectivity index (χ0v) is 16.3. The van der Waals surface area contributed by atoms with Crippen LogP contribution in [0.15, 0.2) is 24.3 Å².